The van der Waals surface area contributed by atoms with Gasteiger partial charge in [-0.1, -0.05) is 6.07 Å². The first-order valence-electron chi connectivity index (χ1n) is 6.75. The fourth-order valence-corrected chi connectivity index (χ4v) is 2.85. The highest BCUT2D eigenvalue weighted by Gasteiger charge is 2.33. The maximum atomic E-state index is 12.5. The van der Waals surface area contributed by atoms with Gasteiger partial charge in [0.05, 0.1) is 12.1 Å². The number of ether oxygens (including phenoxy) is 1. The Morgan fingerprint density at radius 3 is 3.26 bits per heavy atom. The lowest BCUT2D eigenvalue weighted by Gasteiger charge is -2.30. The number of aromatic nitrogens is 1. The summed E-state index contributed by atoms with van der Waals surface area (Å²) < 4.78 is 5.29. The molecule has 0 spiro atoms. The van der Waals surface area contributed by atoms with Crippen molar-refractivity contribution in [2.45, 2.75) is 31.5 Å². The maximum Gasteiger partial charge on any atom is 0.240 e. The molecule has 0 saturated carbocycles. The number of amides is 1. The van der Waals surface area contributed by atoms with E-state index in [2.05, 4.69) is 16.4 Å². The monoisotopic (exact) mass is 261 g/mol. The van der Waals surface area contributed by atoms with Crippen molar-refractivity contribution in [3.05, 3.63) is 29.6 Å². The molecule has 5 nitrogen and oxygen atoms in total. The minimum Gasteiger partial charge on any atom is -0.380 e. The second-order valence-corrected chi connectivity index (χ2v) is 5.17. The standard InChI is InChI=1S/C14H19N3O2/c1-19-11-7-13(16-8-11)14(18)17-6-4-12-10(9-17)3-2-5-15-12/h2-3,5,11,13,16H,4,6-9H2,1H3. The van der Waals surface area contributed by atoms with Gasteiger partial charge in [-0.3, -0.25) is 9.78 Å². The molecule has 1 aromatic rings. The number of rotatable bonds is 2. The van der Waals surface area contributed by atoms with Gasteiger partial charge in [0.2, 0.25) is 5.91 Å². The van der Waals surface area contributed by atoms with E-state index in [9.17, 15) is 4.79 Å². The zero-order valence-electron chi connectivity index (χ0n) is 11.1. The van der Waals surface area contributed by atoms with Crippen LogP contribution in [0.15, 0.2) is 18.3 Å². The van der Waals surface area contributed by atoms with Crippen LogP contribution in [0.4, 0.5) is 0 Å². The number of hydrogen-bond donors (Lipinski definition) is 1. The average Bonchev–Trinajstić information content (AvgIpc) is 2.95. The van der Waals surface area contributed by atoms with Crippen LogP contribution in [0, 0.1) is 0 Å². The predicted octanol–water partition coefficient (Wildman–Crippen LogP) is 0.343. The average molecular weight is 261 g/mol. The highest BCUT2D eigenvalue weighted by Crippen LogP contribution is 2.19. The van der Waals surface area contributed by atoms with E-state index in [-0.39, 0.29) is 18.1 Å². The Morgan fingerprint density at radius 1 is 1.58 bits per heavy atom. The topological polar surface area (TPSA) is 54.5 Å². The third-order valence-electron chi connectivity index (χ3n) is 4.00. The van der Waals surface area contributed by atoms with Crippen LogP contribution in [-0.2, 0) is 22.5 Å². The summed E-state index contributed by atoms with van der Waals surface area (Å²) in [5.41, 5.74) is 2.30. The summed E-state index contributed by atoms with van der Waals surface area (Å²) in [6, 6.07) is 3.90. The summed E-state index contributed by atoms with van der Waals surface area (Å²) in [4.78, 5) is 18.8. The molecule has 5 heteroatoms. The molecular formula is C14H19N3O2. The highest BCUT2D eigenvalue weighted by atomic mass is 16.5. The third kappa shape index (κ3) is 2.48. The number of methoxy groups -OCH3 is 1. The van der Waals surface area contributed by atoms with E-state index in [1.807, 2.05) is 17.2 Å². The lowest BCUT2D eigenvalue weighted by molar-refractivity contribution is -0.134. The Balaban J connectivity index is 1.66. The van der Waals surface area contributed by atoms with Crippen molar-refractivity contribution < 1.29 is 9.53 Å². The molecule has 0 radical (unpaired) electrons. The van der Waals surface area contributed by atoms with Crippen molar-refractivity contribution in [3.63, 3.8) is 0 Å². The SMILES string of the molecule is COC1CNC(C(=O)N2CCc3ncccc3C2)C1. The molecule has 2 unspecified atom stereocenters. The Kier molecular flexibility index (Phi) is 3.48. The van der Waals surface area contributed by atoms with Gasteiger partial charge in [0, 0.05) is 45.1 Å². The molecule has 0 aliphatic carbocycles. The predicted molar refractivity (Wildman–Crippen MR) is 70.6 cm³/mol. The number of hydrogen-bond acceptors (Lipinski definition) is 4. The van der Waals surface area contributed by atoms with E-state index >= 15 is 0 Å². The molecule has 1 N–H and O–H groups in total. The van der Waals surface area contributed by atoms with Gasteiger partial charge in [-0.2, -0.15) is 0 Å². The van der Waals surface area contributed by atoms with E-state index in [0.29, 0.717) is 6.54 Å². The molecule has 1 saturated heterocycles. The van der Waals surface area contributed by atoms with Gasteiger partial charge in [-0.25, -0.2) is 0 Å². The second kappa shape index (κ2) is 5.27. The van der Waals surface area contributed by atoms with E-state index in [1.54, 1.807) is 7.11 Å². The van der Waals surface area contributed by atoms with Crippen LogP contribution in [0.25, 0.3) is 0 Å². The largest absolute Gasteiger partial charge is 0.380 e. The molecule has 1 amide bonds. The zero-order valence-corrected chi connectivity index (χ0v) is 11.1. The molecule has 2 aliphatic heterocycles. The van der Waals surface area contributed by atoms with Crippen molar-refractivity contribution in [1.29, 1.82) is 0 Å². The summed E-state index contributed by atoms with van der Waals surface area (Å²) in [5, 5.41) is 3.25. The minimum absolute atomic E-state index is 0.0943. The van der Waals surface area contributed by atoms with E-state index in [0.717, 1.165) is 31.6 Å². The van der Waals surface area contributed by atoms with Crippen molar-refractivity contribution in [2.24, 2.45) is 0 Å². The van der Waals surface area contributed by atoms with Crippen LogP contribution in [0.1, 0.15) is 17.7 Å². The molecule has 1 aromatic heterocycles. The van der Waals surface area contributed by atoms with E-state index < -0.39 is 0 Å². The number of carbonyl (C=O) groups excluding carboxylic acids is 1. The lowest BCUT2D eigenvalue weighted by atomic mass is 10.0. The molecule has 3 heterocycles. The van der Waals surface area contributed by atoms with Crippen LogP contribution in [-0.4, -0.2) is 48.1 Å². The van der Waals surface area contributed by atoms with Crippen molar-refractivity contribution in [1.82, 2.24) is 15.2 Å². The van der Waals surface area contributed by atoms with Gasteiger partial charge >= 0.3 is 0 Å². The van der Waals surface area contributed by atoms with Crippen molar-refractivity contribution in [3.8, 4) is 0 Å². The van der Waals surface area contributed by atoms with Crippen molar-refractivity contribution >= 4 is 5.91 Å². The Morgan fingerprint density at radius 2 is 2.47 bits per heavy atom. The van der Waals surface area contributed by atoms with Gasteiger partial charge in [-0.15, -0.1) is 0 Å². The maximum absolute atomic E-state index is 12.5. The quantitative estimate of drug-likeness (QED) is 0.834. The molecule has 0 aromatic carbocycles. The van der Waals surface area contributed by atoms with E-state index in [1.165, 1.54) is 5.56 Å². The summed E-state index contributed by atoms with van der Waals surface area (Å²) in [6.07, 6.45) is 3.60. The van der Waals surface area contributed by atoms with E-state index in [4.69, 9.17) is 4.74 Å². The minimum atomic E-state index is -0.0943. The smallest absolute Gasteiger partial charge is 0.240 e. The first-order chi connectivity index (χ1) is 9.28. The Bertz CT molecular complexity index is 478. The molecule has 2 aliphatic rings. The van der Waals surface area contributed by atoms with Gasteiger partial charge < -0.3 is 15.0 Å². The molecule has 102 valence electrons. The zero-order chi connectivity index (χ0) is 13.2. The molecule has 1 fully saturated rings. The Hall–Kier alpha value is -1.46. The van der Waals surface area contributed by atoms with Crippen LogP contribution in [0.5, 0.6) is 0 Å². The molecular weight excluding hydrogens is 242 g/mol. The molecule has 0 bridgehead atoms. The third-order valence-corrected chi connectivity index (χ3v) is 4.00. The molecule has 19 heavy (non-hydrogen) atoms. The molecule has 3 rings (SSSR count). The normalized spacial score (nSPS) is 26.3. The fraction of sp³-hybridized carbons (Fsp3) is 0.571. The molecule has 2 atom stereocenters. The number of pyridine rings is 1. The van der Waals surface area contributed by atoms with Crippen molar-refractivity contribution in [2.75, 3.05) is 20.2 Å². The number of nitrogens with one attached hydrogen (secondary N) is 1. The summed E-state index contributed by atoms with van der Waals surface area (Å²) in [5.74, 6) is 0.189. The van der Waals surface area contributed by atoms with Gasteiger partial charge in [-0.05, 0) is 18.1 Å². The second-order valence-electron chi connectivity index (χ2n) is 5.17. The van der Waals surface area contributed by atoms with Gasteiger partial charge in [0.1, 0.15) is 0 Å². The van der Waals surface area contributed by atoms with Crippen LogP contribution in [0.3, 0.4) is 0 Å². The van der Waals surface area contributed by atoms with Gasteiger partial charge in [0.25, 0.3) is 0 Å². The number of fused-ring (bicyclic) bond motifs is 1. The fourth-order valence-electron chi connectivity index (χ4n) is 2.85. The Labute approximate surface area is 113 Å². The summed E-state index contributed by atoms with van der Waals surface area (Å²) in [6.45, 7) is 2.20. The lowest BCUT2D eigenvalue weighted by Crippen LogP contribution is -2.45. The first kappa shape index (κ1) is 12.6. The van der Waals surface area contributed by atoms with Crippen LogP contribution in [0.2, 0.25) is 0 Å². The van der Waals surface area contributed by atoms with Gasteiger partial charge in [0.15, 0.2) is 0 Å². The summed E-state index contributed by atoms with van der Waals surface area (Å²) in [7, 11) is 1.70. The highest BCUT2D eigenvalue weighted by molar-refractivity contribution is 5.82. The number of carbonyl (C=O) groups is 1. The number of nitrogens with zero attached hydrogens (tertiary/aromatic N) is 2. The van der Waals surface area contributed by atoms with Crippen LogP contribution >= 0.6 is 0 Å². The van der Waals surface area contributed by atoms with Crippen LogP contribution < -0.4 is 5.32 Å². The first-order valence-corrected chi connectivity index (χ1v) is 6.75. The summed E-state index contributed by atoms with van der Waals surface area (Å²) >= 11 is 0.